The molecule has 0 saturated heterocycles. The summed E-state index contributed by atoms with van der Waals surface area (Å²) in [6, 6.07) is 8.54. The van der Waals surface area contributed by atoms with Crippen LogP contribution in [0.5, 0.6) is 0 Å². The quantitative estimate of drug-likeness (QED) is 0.876. The van der Waals surface area contributed by atoms with E-state index in [1.165, 1.54) is 35.2 Å². The molecule has 0 radical (unpaired) electrons. The maximum atomic E-state index is 13.2. The van der Waals surface area contributed by atoms with Gasteiger partial charge in [0.1, 0.15) is 22.4 Å². The first-order chi connectivity index (χ1) is 8.99. The molecule has 2 aromatic rings. The molecule has 1 heterocycles. The van der Waals surface area contributed by atoms with Gasteiger partial charge in [0.2, 0.25) is 0 Å². The third-order valence-electron chi connectivity index (χ3n) is 2.58. The molecule has 2 rings (SSSR count). The second-order valence-electron chi connectivity index (χ2n) is 3.85. The molecule has 1 aromatic carbocycles. The van der Waals surface area contributed by atoms with Crippen LogP contribution in [0.3, 0.4) is 0 Å². The van der Waals surface area contributed by atoms with Crippen LogP contribution in [0.2, 0.25) is 5.15 Å². The van der Waals surface area contributed by atoms with Crippen LogP contribution in [0, 0.1) is 5.82 Å². The number of anilines is 2. The van der Waals surface area contributed by atoms with Gasteiger partial charge in [-0.3, -0.25) is 0 Å². The van der Waals surface area contributed by atoms with E-state index in [1.807, 2.05) is 0 Å². The number of pyridine rings is 1. The summed E-state index contributed by atoms with van der Waals surface area (Å²) >= 11 is 5.78. The normalized spacial score (nSPS) is 10.3. The number of hydrogen-bond donors (Lipinski definition) is 1. The van der Waals surface area contributed by atoms with Gasteiger partial charge in [-0.2, -0.15) is 0 Å². The van der Waals surface area contributed by atoms with E-state index in [0.29, 0.717) is 5.69 Å². The number of benzene rings is 1. The van der Waals surface area contributed by atoms with Gasteiger partial charge in [-0.15, -0.1) is 0 Å². The van der Waals surface area contributed by atoms with E-state index in [1.54, 1.807) is 13.1 Å². The third kappa shape index (κ3) is 2.82. The number of halogens is 2. The van der Waals surface area contributed by atoms with Gasteiger partial charge < -0.3 is 10.0 Å². The topological polar surface area (TPSA) is 53.4 Å². The molecule has 19 heavy (non-hydrogen) atoms. The zero-order valence-electron chi connectivity index (χ0n) is 9.97. The Morgan fingerprint density at radius 2 is 2.11 bits per heavy atom. The predicted molar refractivity (Wildman–Crippen MR) is 70.7 cm³/mol. The lowest BCUT2D eigenvalue weighted by atomic mass is 10.2. The first-order valence-corrected chi connectivity index (χ1v) is 5.76. The van der Waals surface area contributed by atoms with Crippen LogP contribution >= 0.6 is 11.6 Å². The lowest BCUT2D eigenvalue weighted by molar-refractivity contribution is 0.0697. The number of carbonyl (C=O) groups is 1. The first kappa shape index (κ1) is 13.3. The van der Waals surface area contributed by atoms with Crippen LogP contribution in [0.1, 0.15) is 10.4 Å². The minimum atomic E-state index is -1.12. The summed E-state index contributed by atoms with van der Waals surface area (Å²) in [7, 11) is 1.60. The fourth-order valence-electron chi connectivity index (χ4n) is 1.65. The van der Waals surface area contributed by atoms with Crippen LogP contribution in [0.15, 0.2) is 36.4 Å². The van der Waals surface area contributed by atoms with Crippen molar-refractivity contribution >= 4 is 29.1 Å². The molecule has 4 nitrogen and oxygen atoms in total. The number of nitrogens with zero attached hydrogens (tertiary/aromatic N) is 2. The summed E-state index contributed by atoms with van der Waals surface area (Å²) in [5.41, 5.74) is 0.480. The highest BCUT2D eigenvalue weighted by Crippen LogP contribution is 2.27. The number of aromatic carboxylic acids is 1. The van der Waals surface area contributed by atoms with Crippen molar-refractivity contribution in [3.63, 3.8) is 0 Å². The molecule has 98 valence electrons. The van der Waals surface area contributed by atoms with Gasteiger partial charge in [-0.05, 0) is 30.3 Å². The maximum Gasteiger partial charge on any atom is 0.339 e. The Kier molecular flexibility index (Phi) is 3.66. The second kappa shape index (κ2) is 5.24. The largest absolute Gasteiger partial charge is 0.478 e. The second-order valence-corrected chi connectivity index (χ2v) is 4.24. The van der Waals surface area contributed by atoms with E-state index in [-0.39, 0.29) is 16.5 Å². The average molecular weight is 281 g/mol. The molecule has 0 aliphatic rings. The van der Waals surface area contributed by atoms with Crippen LogP contribution in [-0.4, -0.2) is 23.1 Å². The Labute approximate surface area is 114 Å². The highest BCUT2D eigenvalue weighted by atomic mass is 35.5. The third-order valence-corrected chi connectivity index (χ3v) is 2.80. The molecular weight excluding hydrogens is 271 g/mol. The van der Waals surface area contributed by atoms with Crippen molar-refractivity contribution in [2.45, 2.75) is 0 Å². The molecule has 1 aromatic heterocycles. The van der Waals surface area contributed by atoms with Crippen molar-refractivity contribution < 1.29 is 14.3 Å². The van der Waals surface area contributed by atoms with Gasteiger partial charge in [0.25, 0.3) is 0 Å². The van der Waals surface area contributed by atoms with E-state index in [0.717, 1.165) is 0 Å². The van der Waals surface area contributed by atoms with Gasteiger partial charge in [-0.25, -0.2) is 14.2 Å². The summed E-state index contributed by atoms with van der Waals surface area (Å²) < 4.78 is 13.2. The predicted octanol–water partition coefficient (Wildman–Crippen LogP) is 3.34. The zero-order valence-corrected chi connectivity index (χ0v) is 10.7. The number of carboxylic acid groups (broad SMARTS) is 1. The van der Waals surface area contributed by atoms with Gasteiger partial charge in [-0.1, -0.05) is 17.7 Å². The Hall–Kier alpha value is -2.14. The molecule has 1 N–H and O–H groups in total. The molecule has 0 bridgehead atoms. The number of carboxylic acids is 1. The molecule has 0 unspecified atom stereocenters. The standard InChI is InChI=1S/C13H10ClFN2O2/c1-17(9-4-2-3-8(15)7-9)12-10(13(18)19)5-6-11(14)16-12/h2-7H,1H3,(H,18,19). The number of aromatic nitrogens is 1. The van der Waals surface area contributed by atoms with E-state index >= 15 is 0 Å². The van der Waals surface area contributed by atoms with Crippen molar-refractivity contribution in [2.75, 3.05) is 11.9 Å². The maximum absolute atomic E-state index is 13.2. The molecule has 0 spiro atoms. The average Bonchev–Trinajstić information content (AvgIpc) is 2.37. The van der Waals surface area contributed by atoms with Crippen LogP contribution in [0.25, 0.3) is 0 Å². The minimum Gasteiger partial charge on any atom is -0.478 e. The van der Waals surface area contributed by atoms with E-state index in [4.69, 9.17) is 16.7 Å². The molecular formula is C13H10ClFN2O2. The Morgan fingerprint density at radius 3 is 2.74 bits per heavy atom. The van der Waals surface area contributed by atoms with Crippen molar-refractivity contribution in [1.82, 2.24) is 4.98 Å². The smallest absolute Gasteiger partial charge is 0.339 e. The molecule has 0 aliphatic carbocycles. The van der Waals surface area contributed by atoms with Crippen LogP contribution in [-0.2, 0) is 0 Å². The van der Waals surface area contributed by atoms with Crippen molar-refractivity contribution in [3.05, 3.63) is 52.9 Å². The van der Waals surface area contributed by atoms with E-state index in [2.05, 4.69) is 4.98 Å². The van der Waals surface area contributed by atoms with Crippen molar-refractivity contribution in [1.29, 1.82) is 0 Å². The SMILES string of the molecule is CN(c1cccc(F)c1)c1nc(Cl)ccc1C(=O)O. The molecule has 0 saturated carbocycles. The highest BCUT2D eigenvalue weighted by molar-refractivity contribution is 6.29. The highest BCUT2D eigenvalue weighted by Gasteiger charge is 2.17. The summed E-state index contributed by atoms with van der Waals surface area (Å²) in [6.45, 7) is 0. The van der Waals surface area contributed by atoms with E-state index < -0.39 is 11.8 Å². The van der Waals surface area contributed by atoms with Crippen molar-refractivity contribution in [2.24, 2.45) is 0 Å². The number of hydrogen-bond acceptors (Lipinski definition) is 3. The summed E-state index contributed by atoms with van der Waals surface area (Å²) in [4.78, 5) is 16.6. The van der Waals surface area contributed by atoms with Gasteiger partial charge >= 0.3 is 5.97 Å². The molecule has 6 heteroatoms. The monoisotopic (exact) mass is 280 g/mol. The van der Waals surface area contributed by atoms with Gasteiger partial charge in [0.15, 0.2) is 0 Å². The minimum absolute atomic E-state index is 0.00355. The van der Waals surface area contributed by atoms with E-state index in [9.17, 15) is 9.18 Å². The summed E-state index contributed by atoms with van der Waals surface area (Å²) in [6.07, 6.45) is 0. The van der Waals surface area contributed by atoms with Crippen molar-refractivity contribution in [3.8, 4) is 0 Å². The Balaban J connectivity index is 2.51. The molecule has 0 atom stereocenters. The molecule has 0 aliphatic heterocycles. The van der Waals surface area contributed by atoms with Crippen LogP contribution in [0.4, 0.5) is 15.9 Å². The van der Waals surface area contributed by atoms with Gasteiger partial charge in [0.05, 0.1) is 0 Å². The molecule has 0 amide bonds. The lowest BCUT2D eigenvalue weighted by Gasteiger charge is -2.20. The fraction of sp³-hybridized carbons (Fsp3) is 0.0769. The zero-order chi connectivity index (χ0) is 14.0. The van der Waals surface area contributed by atoms with Crippen LogP contribution < -0.4 is 4.90 Å². The fourth-order valence-corrected chi connectivity index (χ4v) is 1.80. The Bertz CT molecular complexity index is 634. The number of rotatable bonds is 3. The summed E-state index contributed by atoms with van der Waals surface area (Å²) in [5.74, 6) is -1.38. The van der Waals surface area contributed by atoms with Gasteiger partial charge in [0, 0.05) is 12.7 Å². The Morgan fingerprint density at radius 1 is 1.37 bits per heavy atom. The molecule has 0 fully saturated rings. The lowest BCUT2D eigenvalue weighted by Crippen LogP contribution is -2.16. The summed E-state index contributed by atoms with van der Waals surface area (Å²) in [5, 5.41) is 9.29. The first-order valence-electron chi connectivity index (χ1n) is 5.38.